The van der Waals surface area contributed by atoms with E-state index in [1.165, 1.54) is 26.6 Å². The maximum atomic E-state index is 13.0. The van der Waals surface area contributed by atoms with E-state index in [2.05, 4.69) is 24.7 Å². The van der Waals surface area contributed by atoms with Gasteiger partial charge in [-0.25, -0.2) is 23.4 Å². The third kappa shape index (κ3) is 6.01. The van der Waals surface area contributed by atoms with Crippen LogP contribution in [-0.2, 0) is 16.4 Å². The number of aryl methyl sites for hydroxylation is 1. The first kappa shape index (κ1) is 23.9. The number of hydrogen-bond donors (Lipinski definition) is 1. The molecule has 0 aliphatic carbocycles. The molecular formula is C24H23N5O5S. The van der Waals surface area contributed by atoms with Gasteiger partial charge in [-0.2, -0.15) is 4.98 Å². The van der Waals surface area contributed by atoms with Crippen LogP contribution in [0.15, 0.2) is 73.1 Å². The summed E-state index contributed by atoms with van der Waals surface area (Å²) in [6, 6.07) is 17.9. The van der Waals surface area contributed by atoms with E-state index in [0.717, 1.165) is 5.56 Å². The van der Waals surface area contributed by atoms with Crippen molar-refractivity contribution in [2.24, 2.45) is 0 Å². The van der Waals surface area contributed by atoms with Crippen LogP contribution in [0.5, 0.6) is 23.1 Å². The molecule has 2 heterocycles. The topological polar surface area (TPSA) is 125 Å². The number of nitrogens with zero attached hydrogens (tertiary/aromatic N) is 4. The van der Waals surface area contributed by atoms with Crippen LogP contribution in [0.3, 0.4) is 0 Å². The van der Waals surface area contributed by atoms with Gasteiger partial charge < -0.3 is 14.2 Å². The number of ether oxygens (including phenoxy) is 3. The first-order chi connectivity index (χ1) is 17.0. The lowest BCUT2D eigenvalue weighted by atomic mass is 10.2. The Morgan fingerprint density at radius 3 is 2.17 bits per heavy atom. The van der Waals surface area contributed by atoms with Gasteiger partial charge in [0.1, 0.15) is 0 Å². The van der Waals surface area contributed by atoms with E-state index in [0.29, 0.717) is 17.9 Å². The van der Waals surface area contributed by atoms with Gasteiger partial charge in [-0.05, 0) is 30.2 Å². The zero-order chi connectivity index (χ0) is 24.7. The summed E-state index contributed by atoms with van der Waals surface area (Å²) >= 11 is 0. The van der Waals surface area contributed by atoms with Crippen molar-refractivity contribution in [3.8, 4) is 34.8 Å². The summed E-state index contributed by atoms with van der Waals surface area (Å²) < 4.78 is 45.4. The summed E-state index contributed by atoms with van der Waals surface area (Å²) in [6.07, 6.45) is 3.37. The highest BCUT2D eigenvalue weighted by Gasteiger charge is 2.24. The Morgan fingerprint density at radius 1 is 0.800 bits per heavy atom. The van der Waals surface area contributed by atoms with Crippen LogP contribution in [0.25, 0.3) is 11.6 Å². The van der Waals surface area contributed by atoms with E-state index in [1.54, 1.807) is 30.3 Å². The van der Waals surface area contributed by atoms with Crippen LogP contribution < -0.4 is 18.9 Å². The zero-order valence-electron chi connectivity index (χ0n) is 19.1. The van der Waals surface area contributed by atoms with Crippen LogP contribution in [0.1, 0.15) is 5.56 Å². The standard InChI is InChI=1S/C24H23N5O5S/c1-32-18-11-6-7-12-19(18)34-20-21(29-35(30,31)16-13-17-9-4-3-5-10-17)27-23(28-24(20)33-2)22-25-14-8-15-26-22/h3-12,14-15H,13,16H2,1-2H3,(H,27,28,29). The Hall–Kier alpha value is -4.25. The number of para-hydroxylation sites is 2. The molecule has 180 valence electrons. The molecule has 0 aliphatic rings. The molecule has 35 heavy (non-hydrogen) atoms. The number of hydrogen-bond acceptors (Lipinski definition) is 9. The number of rotatable bonds is 10. The highest BCUT2D eigenvalue weighted by molar-refractivity contribution is 7.92. The number of sulfonamides is 1. The second kappa shape index (κ2) is 10.8. The van der Waals surface area contributed by atoms with Crippen LogP contribution >= 0.6 is 0 Å². The minimum absolute atomic E-state index is 0.00545. The van der Waals surface area contributed by atoms with E-state index >= 15 is 0 Å². The number of nitrogens with one attached hydrogen (secondary N) is 1. The average Bonchev–Trinajstić information content (AvgIpc) is 2.89. The van der Waals surface area contributed by atoms with E-state index in [1.807, 2.05) is 30.3 Å². The molecular weight excluding hydrogens is 470 g/mol. The molecule has 4 rings (SSSR count). The number of anilines is 1. The Morgan fingerprint density at radius 2 is 1.49 bits per heavy atom. The van der Waals surface area contributed by atoms with Gasteiger partial charge in [0, 0.05) is 12.4 Å². The molecule has 0 bridgehead atoms. The van der Waals surface area contributed by atoms with Gasteiger partial charge in [0.15, 0.2) is 23.1 Å². The van der Waals surface area contributed by atoms with Gasteiger partial charge in [0.25, 0.3) is 5.88 Å². The van der Waals surface area contributed by atoms with Crippen molar-refractivity contribution in [1.82, 2.24) is 19.9 Å². The highest BCUT2D eigenvalue weighted by Crippen LogP contribution is 2.40. The smallest absolute Gasteiger partial charge is 0.263 e. The Bertz CT molecular complexity index is 1390. The number of aromatic nitrogens is 4. The lowest BCUT2D eigenvalue weighted by Gasteiger charge is -2.17. The third-order valence-electron chi connectivity index (χ3n) is 4.83. The Kier molecular flexibility index (Phi) is 7.36. The van der Waals surface area contributed by atoms with Crippen LogP contribution in [0, 0.1) is 0 Å². The van der Waals surface area contributed by atoms with Crippen molar-refractivity contribution in [1.29, 1.82) is 0 Å². The summed E-state index contributed by atoms with van der Waals surface area (Å²) in [7, 11) is -0.947. The molecule has 2 aromatic carbocycles. The monoisotopic (exact) mass is 493 g/mol. The molecule has 0 atom stereocenters. The first-order valence-corrected chi connectivity index (χ1v) is 12.2. The van der Waals surface area contributed by atoms with Crippen molar-refractivity contribution in [3.63, 3.8) is 0 Å². The fourth-order valence-electron chi connectivity index (χ4n) is 3.15. The van der Waals surface area contributed by atoms with Gasteiger partial charge >= 0.3 is 0 Å². The summed E-state index contributed by atoms with van der Waals surface area (Å²) in [4.78, 5) is 17.0. The molecule has 1 N–H and O–H groups in total. The van der Waals surface area contributed by atoms with Crippen LogP contribution in [0.2, 0.25) is 0 Å². The summed E-state index contributed by atoms with van der Waals surface area (Å²) in [5.41, 5.74) is 0.891. The molecule has 0 saturated heterocycles. The van der Waals surface area contributed by atoms with Crippen molar-refractivity contribution >= 4 is 15.8 Å². The quantitative estimate of drug-likeness (QED) is 0.352. The van der Waals surface area contributed by atoms with E-state index in [9.17, 15) is 8.42 Å². The Labute approximate surface area is 203 Å². The minimum atomic E-state index is -3.84. The van der Waals surface area contributed by atoms with Gasteiger partial charge in [0.2, 0.25) is 21.6 Å². The maximum Gasteiger partial charge on any atom is 0.263 e. The third-order valence-corrected chi connectivity index (χ3v) is 6.08. The van der Waals surface area contributed by atoms with Gasteiger partial charge in [-0.1, -0.05) is 42.5 Å². The van der Waals surface area contributed by atoms with E-state index in [-0.39, 0.29) is 34.8 Å². The van der Waals surface area contributed by atoms with Crippen molar-refractivity contribution in [2.75, 3.05) is 24.7 Å². The molecule has 0 radical (unpaired) electrons. The number of methoxy groups -OCH3 is 2. The molecule has 4 aromatic rings. The molecule has 0 saturated carbocycles. The second-order valence-corrected chi connectivity index (χ2v) is 9.06. The predicted molar refractivity (Wildman–Crippen MR) is 130 cm³/mol. The summed E-state index contributed by atoms with van der Waals surface area (Å²) in [5.74, 6) is 0.699. The minimum Gasteiger partial charge on any atom is -0.493 e. The van der Waals surface area contributed by atoms with Crippen molar-refractivity contribution in [3.05, 3.63) is 78.6 Å². The second-order valence-electron chi connectivity index (χ2n) is 7.22. The molecule has 0 unspecified atom stereocenters. The summed E-state index contributed by atoms with van der Waals surface area (Å²) in [5, 5.41) is 0. The molecule has 11 heteroatoms. The van der Waals surface area contributed by atoms with Crippen LogP contribution in [-0.4, -0.2) is 48.3 Å². The lowest BCUT2D eigenvalue weighted by Crippen LogP contribution is -2.20. The summed E-state index contributed by atoms with van der Waals surface area (Å²) in [6.45, 7) is 0. The average molecular weight is 494 g/mol. The van der Waals surface area contributed by atoms with Crippen LogP contribution in [0.4, 0.5) is 5.82 Å². The Balaban J connectivity index is 1.74. The normalized spacial score (nSPS) is 11.0. The SMILES string of the molecule is COc1ccccc1Oc1c(NS(=O)(=O)CCc2ccccc2)nc(-c2ncccn2)nc1OC. The molecule has 10 nitrogen and oxygen atoms in total. The molecule has 0 fully saturated rings. The molecule has 2 aromatic heterocycles. The fraction of sp³-hybridized carbons (Fsp3) is 0.167. The van der Waals surface area contributed by atoms with Crippen molar-refractivity contribution < 1.29 is 22.6 Å². The fourth-order valence-corrected chi connectivity index (χ4v) is 4.19. The van der Waals surface area contributed by atoms with Gasteiger partial charge in [-0.3, -0.25) is 4.72 Å². The van der Waals surface area contributed by atoms with E-state index < -0.39 is 10.0 Å². The largest absolute Gasteiger partial charge is 0.493 e. The highest BCUT2D eigenvalue weighted by atomic mass is 32.2. The molecule has 0 aliphatic heterocycles. The van der Waals surface area contributed by atoms with Gasteiger partial charge in [-0.15, -0.1) is 0 Å². The predicted octanol–water partition coefficient (Wildman–Crippen LogP) is 3.73. The van der Waals surface area contributed by atoms with Crippen molar-refractivity contribution in [2.45, 2.75) is 6.42 Å². The first-order valence-electron chi connectivity index (χ1n) is 10.6. The molecule has 0 spiro atoms. The molecule has 0 amide bonds. The lowest BCUT2D eigenvalue weighted by molar-refractivity contribution is 0.348. The zero-order valence-corrected chi connectivity index (χ0v) is 19.9. The van der Waals surface area contributed by atoms with Gasteiger partial charge in [0.05, 0.1) is 20.0 Å². The number of benzene rings is 2. The maximum absolute atomic E-state index is 13.0. The van der Waals surface area contributed by atoms with E-state index in [4.69, 9.17) is 14.2 Å².